The smallest absolute Gasteiger partial charge is 0.416 e. The van der Waals surface area contributed by atoms with E-state index >= 15 is 0 Å². The van der Waals surface area contributed by atoms with E-state index in [-0.39, 0.29) is 11.4 Å². The largest absolute Gasteiger partial charge is 0.473 e. The van der Waals surface area contributed by atoms with E-state index in [9.17, 15) is 28.1 Å². The van der Waals surface area contributed by atoms with E-state index in [1.165, 1.54) is 31.3 Å². The lowest BCUT2D eigenvalue weighted by Crippen LogP contribution is -2.30. The normalized spacial score (nSPS) is 12.3. The number of carbonyl (C=O) groups is 1. The van der Waals surface area contributed by atoms with Crippen LogP contribution in [0, 0.1) is 10.1 Å². The average Bonchev–Trinajstić information content (AvgIpc) is 2.54. The van der Waals surface area contributed by atoms with Crippen molar-refractivity contribution >= 4 is 17.4 Å². The van der Waals surface area contributed by atoms with Gasteiger partial charge in [-0.25, -0.2) is 0 Å². The topological polar surface area (TPSA) is 94.4 Å². The number of amides is 1. The van der Waals surface area contributed by atoms with E-state index in [1.54, 1.807) is 0 Å². The number of aromatic nitrogens is 1. The summed E-state index contributed by atoms with van der Waals surface area (Å²) in [7, 11) is 0. The number of nitrogens with one attached hydrogen (secondary N) is 1. The zero-order valence-corrected chi connectivity index (χ0v) is 12.8. The molecule has 0 aliphatic heterocycles. The summed E-state index contributed by atoms with van der Waals surface area (Å²) in [6.45, 7) is 1.31. The van der Waals surface area contributed by atoms with Gasteiger partial charge in [0.25, 0.3) is 5.91 Å². The quantitative estimate of drug-likeness (QED) is 0.655. The van der Waals surface area contributed by atoms with Crippen LogP contribution in [0.5, 0.6) is 5.75 Å². The number of ether oxygens (including phenoxy) is 1. The van der Waals surface area contributed by atoms with Crippen LogP contribution in [-0.2, 0) is 11.0 Å². The first kappa shape index (κ1) is 18.2. The molecule has 0 spiro atoms. The maximum Gasteiger partial charge on any atom is 0.416 e. The Kier molecular flexibility index (Phi) is 5.20. The van der Waals surface area contributed by atoms with Crippen molar-refractivity contribution in [2.75, 3.05) is 5.32 Å². The molecule has 1 atom stereocenters. The summed E-state index contributed by atoms with van der Waals surface area (Å²) in [4.78, 5) is 25.7. The predicted molar refractivity (Wildman–Crippen MR) is 81.1 cm³/mol. The van der Waals surface area contributed by atoms with E-state index in [0.29, 0.717) is 0 Å². The van der Waals surface area contributed by atoms with E-state index < -0.39 is 34.5 Å². The number of benzene rings is 1. The Morgan fingerprint density at radius 1 is 1.32 bits per heavy atom. The van der Waals surface area contributed by atoms with Crippen LogP contribution < -0.4 is 10.1 Å². The fourth-order valence-corrected chi connectivity index (χ4v) is 1.87. The third-order valence-electron chi connectivity index (χ3n) is 3.05. The Labute approximate surface area is 139 Å². The number of anilines is 1. The summed E-state index contributed by atoms with van der Waals surface area (Å²) in [5.74, 6) is -1.56. The number of pyridine rings is 1. The van der Waals surface area contributed by atoms with Crippen LogP contribution in [0.25, 0.3) is 0 Å². The Hall–Kier alpha value is -3.17. The fourth-order valence-electron chi connectivity index (χ4n) is 1.87. The molecule has 0 unspecified atom stereocenters. The van der Waals surface area contributed by atoms with Gasteiger partial charge in [-0.15, -0.1) is 0 Å². The number of rotatable bonds is 5. The van der Waals surface area contributed by atoms with Crippen LogP contribution in [-0.4, -0.2) is 21.9 Å². The second-order valence-electron chi connectivity index (χ2n) is 4.91. The van der Waals surface area contributed by atoms with E-state index in [4.69, 9.17) is 4.74 Å². The van der Waals surface area contributed by atoms with Crippen LogP contribution in [0.3, 0.4) is 0 Å². The van der Waals surface area contributed by atoms with Gasteiger partial charge in [-0.05, 0) is 47.2 Å². The van der Waals surface area contributed by atoms with Gasteiger partial charge in [0.2, 0.25) is 5.75 Å². The molecule has 1 N–H and O–H groups in total. The molecule has 10 heteroatoms. The van der Waals surface area contributed by atoms with Crippen molar-refractivity contribution in [3.8, 4) is 5.75 Å². The van der Waals surface area contributed by atoms with Crippen LogP contribution in [0.15, 0.2) is 42.6 Å². The summed E-state index contributed by atoms with van der Waals surface area (Å²) in [6, 6.07) is 6.73. The Balaban J connectivity index is 2.10. The zero-order chi connectivity index (χ0) is 18.6. The lowest BCUT2D eigenvalue weighted by atomic mass is 10.2. The van der Waals surface area contributed by atoms with Gasteiger partial charge in [-0.3, -0.25) is 4.79 Å². The molecule has 0 aliphatic rings. The van der Waals surface area contributed by atoms with E-state index in [1.807, 2.05) is 0 Å². The number of hydrogen-bond donors (Lipinski definition) is 1. The molecular formula is C15H12F3N3O4. The molecule has 0 aliphatic carbocycles. The van der Waals surface area contributed by atoms with Gasteiger partial charge in [-0.2, -0.15) is 13.2 Å². The number of carbonyl (C=O) groups excluding carboxylic acids is 1. The molecular weight excluding hydrogens is 343 g/mol. The minimum absolute atomic E-state index is 0.0732. The standard InChI is InChI=1S/C15H12F3N3O4/c1-9(25-12-6-3-7-19-13(12)21(23)24)14(22)20-11-5-2-4-10(8-11)15(16,17)18/h2-9H,1H3,(H,20,22)/t9-/m1/s1. The average molecular weight is 355 g/mol. The van der Waals surface area contributed by atoms with Crippen LogP contribution in [0.4, 0.5) is 24.7 Å². The van der Waals surface area contributed by atoms with Crippen LogP contribution in [0.2, 0.25) is 0 Å². The van der Waals surface area contributed by atoms with Gasteiger partial charge in [0.05, 0.1) is 5.56 Å². The van der Waals surface area contributed by atoms with E-state index in [0.717, 1.165) is 18.2 Å². The monoisotopic (exact) mass is 355 g/mol. The Morgan fingerprint density at radius 3 is 2.68 bits per heavy atom. The maximum absolute atomic E-state index is 12.7. The number of alkyl halides is 3. The highest BCUT2D eigenvalue weighted by molar-refractivity contribution is 5.94. The number of nitro groups is 1. The molecule has 0 saturated heterocycles. The lowest BCUT2D eigenvalue weighted by molar-refractivity contribution is -0.390. The zero-order valence-electron chi connectivity index (χ0n) is 12.8. The van der Waals surface area contributed by atoms with Crippen LogP contribution >= 0.6 is 0 Å². The maximum atomic E-state index is 12.7. The van der Waals surface area contributed by atoms with Gasteiger partial charge < -0.3 is 20.2 Å². The highest BCUT2D eigenvalue weighted by Crippen LogP contribution is 2.30. The summed E-state index contributed by atoms with van der Waals surface area (Å²) in [5, 5.41) is 13.1. The third-order valence-corrected chi connectivity index (χ3v) is 3.05. The molecule has 1 heterocycles. The molecule has 1 aromatic carbocycles. The number of halogens is 3. The van der Waals surface area contributed by atoms with Crippen molar-refractivity contribution in [2.45, 2.75) is 19.2 Å². The Bertz CT molecular complexity index is 796. The molecule has 0 radical (unpaired) electrons. The van der Waals surface area contributed by atoms with Gasteiger partial charge in [0.15, 0.2) is 6.10 Å². The molecule has 0 fully saturated rings. The number of nitrogens with zero attached hydrogens (tertiary/aromatic N) is 2. The molecule has 2 rings (SSSR count). The second-order valence-corrected chi connectivity index (χ2v) is 4.91. The van der Waals surface area contributed by atoms with Crippen molar-refractivity contribution in [3.63, 3.8) is 0 Å². The minimum atomic E-state index is -4.54. The SMILES string of the molecule is C[C@@H](Oc1cccnc1[N+](=O)[O-])C(=O)Nc1cccc(C(F)(F)F)c1. The second kappa shape index (κ2) is 7.16. The summed E-state index contributed by atoms with van der Waals surface area (Å²) in [5.41, 5.74) is -0.988. The van der Waals surface area contributed by atoms with E-state index in [2.05, 4.69) is 10.3 Å². The molecule has 1 amide bonds. The summed E-state index contributed by atoms with van der Waals surface area (Å²) >= 11 is 0. The molecule has 0 saturated carbocycles. The minimum Gasteiger partial charge on any atom is -0.473 e. The van der Waals surface area contributed by atoms with Gasteiger partial charge in [0.1, 0.15) is 6.20 Å². The fraction of sp³-hybridized carbons (Fsp3) is 0.200. The Morgan fingerprint density at radius 2 is 2.04 bits per heavy atom. The summed E-state index contributed by atoms with van der Waals surface area (Å²) in [6.07, 6.45) is -4.55. The van der Waals surface area contributed by atoms with Gasteiger partial charge in [0, 0.05) is 5.69 Å². The molecule has 2 aromatic rings. The molecule has 1 aromatic heterocycles. The first-order chi connectivity index (χ1) is 11.7. The van der Waals surface area contributed by atoms with Crippen molar-refractivity contribution in [3.05, 3.63) is 58.3 Å². The van der Waals surface area contributed by atoms with Crippen LogP contribution in [0.1, 0.15) is 12.5 Å². The predicted octanol–water partition coefficient (Wildman–Crippen LogP) is 3.41. The van der Waals surface area contributed by atoms with Gasteiger partial charge in [-0.1, -0.05) is 6.07 Å². The van der Waals surface area contributed by atoms with Crippen molar-refractivity contribution < 1.29 is 27.6 Å². The first-order valence-electron chi connectivity index (χ1n) is 6.92. The molecule has 7 nitrogen and oxygen atoms in total. The highest BCUT2D eigenvalue weighted by atomic mass is 19.4. The highest BCUT2D eigenvalue weighted by Gasteiger charge is 2.30. The molecule has 25 heavy (non-hydrogen) atoms. The van der Waals surface area contributed by atoms with Gasteiger partial charge >= 0.3 is 12.0 Å². The van der Waals surface area contributed by atoms with Crippen molar-refractivity contribution in [1.82, 2.24) is 4.98 Å². The third kappa shape index (κ3) is 4.66. The molecule has 132 valence electrons. The van der Waals surface area contributed by atoms with Crippen molar-refractivity contribution in [2.24, 2.45) is 0 Å². The number of hydrogen-bond acceptors (Lipinski definition) is 5. The summed E-state index contributed by atoms with van der Waals surface area (Å²) < 4.78 is 43.2. The van der Waals surface area contributed by atoms with Crippen molar-refractivity contribution in [1.29, 1.82) is 0 Å². The molecule has 0 bridgehead atoms. The first-order valence-corrected chi connectivity index (χ1v) is 6.92. The lowest BCUT2D eigenvalue weighted by Gasteiger charge is -2.15.